The molecule has 8 nitrogen and oxygen atoms in total. The van der Waals surface area contributed by atoms with Crippen molar-refractivity contribution in [2.45, 2.75) is 26.0 Å². The molecule has 0 radical (unpaired) electrons. The molecule has 0 saturated heterocycles. The Morgan fingerprint density at radius 1 is 1.12 bits per heavy atom. The zero-order valence-electron chi connectivity index (χ0n) is 15.0. The molecule has 0 aromatic carbocycles. The summed E-state index contributed by atoms with van der Waals surface area (Å²) >= 11 is 1.59. The van der Waals surface area contributed by atoms with E-state index in [1.54, 1.807) is 34.9 Å². The second-order valence-corrected chi connectivity index (χ2v) is 7.35. The van der Waals surface area contributed by atoms with Crippen LogP contribution in [0.25, 0.3) is 5.95 Å². The largest absolute Gasteiger partial charge is 0.309 e. The Hall–Kier alpha value is -2.68. The fourth-order valence-corrected chi connectivity index (χ4v) is 4.67. The maximum atomic E-state index is 12.4. The predicted octanol–water partition coefficient (Wildman–Crippen LogP) is 2.10. The molecule has 4 rings (SSSR count). The molecule has 0 saturated carbocycles. The van der Waals surface area contributed by atoms with E-state index >= 15 is 0 Å². The topological polar surface area (TPSA) is 90.5 Å². The van der Waals surface area contributed by atoms with E-state index in [4.69, 9.17) is 0 Å². The minimum atomic E-state index is -0.0602. The van der Waals surface area contributed by atoms with Crippen LogP contribution in [0.15, 0.2) is 18.5 Å². The molecular weight excluding hydrogens is 350 g/mol. The molecule has 4 heterocycles. The Morgan fingerprint density at radius 3 is 2.46 bits per heavy atom. The standard InChI is InChI=1S/C17H19N7OS/c1-9-13(11(3)23(4)21-9)15-14-10(2)22-24(17-18-6-5-7-19-17)16(14)20-12(25)8-26-15/h5-7,15H,8H2,1-4H3,(H,20,25)/t15-/m0/s1. The van der Waals surface area contributed by atoms with Crippen LogP contribution in [0.4, 0.5) is 5.82 Å². The van der Waals surface area contributed by atoms with Gasteiger partial charge < -0.3 is 5.32 Å². The molecule has 134 valence electrons. The molecule has 0 unspecified atom stereocenters. The third-order valence-corrected chi connectivity index (χ3v) is 5.81. The first-order valence-corrected chi connectivity index (χ1v) is 9.30. The highest BCUT2D eigenvalue weighted by Gasteiger charge is 2.33. The average molecular weight is 369 g/mol. The van der Waals surface area contributed by atoms with Crippen molar-refractivity contribution in [3.05, 3.63) is 46.7 Å². The second kappa shape index (κ2) is 6.24. The van der Waals surface area contributed by atoms with Crippen molar-refractivity contribution in [3.63, 3.8) is 0 Å². The number of rotatable bonds is 2. The molecule has 0 aliphatic carbocycles. The van der Waals surface area contributed by atoms with Crippen LogP contribution in [0.2, 0.25) is 0 Å². The lowest BCUT2D eigenvalue weighted by molar-refractivity contribution is -0.113. The first kappa shape index (κ1) is 16.8. The molecule has 3 aromatic heterocycles. The molecule has 0 fully saturated rings. The smallest absolute Gasteiger partial charge is 0.252 e. The molecule has 0 spiro atoms. The molecular formula is C17H19N7OS. The summed E-state index contributed by atoms with van der Waals surface area (Å²) in [7, 11) is 1.94. The lowest BCUT2D eigenvalue weighted by atomic mass is 10.0. The minimum absolute atomic E-state index is 0.0323. The first-order chi connectivity index (χ1) is 12.5. The highest BCUT2D eigenvalue weighted by atomic mass is 32.2. The van der Waals surface area contributed by atoms with Gasteiger partial charge in [-0.2, -0.15) is 14.9 Å². The van der Waals surface area contributed by atoms with Gasteiger partial charge in [-0.1, -0.05) is 0 Å². The monoisotopic (exact) mass is 369 g/mol. The van der Waals surface area contributed by atoms with Gasteiger partial charge in [0.25, 0.3) is 5.95 Å². The van der Waals surface area contributed by atoms with Gasteiger partial charge in [-0.25, -0.2) is 9.97 Å². The van der Waals surface area contributed by atoms with Crippen molar-refractivity contribution in [1.29, 1.82) is 0 Å². The van der Waals surface area contributed by atoms with Gasteiger partial charge in [-0.15, -0.1) is 11.8 Å². The molecule has 1 atom stereocenters. The van der Waals surface area contributed by atoms with Crippen molar-refractivity contribution in [1.82, 2.24) is 29.5 Å². The lowest BCUT2D eigenvalue weighted by Gasteiger charge is -2.15. The van der Waals surface area contributed by atoms with Gasteiger partial charge in [0.05, 0.1) is 22.4 Å². The number of carbonyl (C=O) groups excluding carboxylic acids is 1. The number of nitrogens with one attached hydrogen (secondary N) is 1. The fourth-order valence-electron chi connectivity index (χ4n) is 3.33. The molecule has 1 aliphatic heterocycles. The third kappa shape index (κ3) is 2.59. The third-order valence-electron chi connectivity index (χ3n) is 4.58. The Morgan fingerprint density at radius 2 is 1.81 bits per heavy atom. The summed E-state index contributed by atoms with van der Waals surface area (Å²) in [5, 5.41) is 12.1. The van der Waals surface area contributed by atoms with Crippen LogP contribution in [0, 0.1) is 20.8 Å². The molecule has 1 aliphatic rings. The molecule has 9 heteroatoms. The van der Waals surface area contributed by atoms with E-state index in [0.717, 1.165) is 28.2 Å². The van der Waals surface area contributed by atoms with E-state index in [-0.39, 0.29) is 11.2 Å². The van der Waals surface area contributed by atoms with Gasteiger partial charge in [-0.05, 0) is 26.8 Å². The summed E-state index contributed by atoms with van der Waals surface area (Å²) in [4.78, 5) is 20.9. The van der Waals surface area contributed by atoms with Crippen molar-refractivity contribution >= 4 is 23.5 Å². The van der Waals surface area contributed by atoms with Gasteiger partial charge in [0.2, 0.25) is 5.91 Å². The summed E-state index contributed by atoms with van der Waals surface area (Å²) in [6.07, 6.45) is 3.32. The van der Waals surface area contributed by atoms with Gasteiger partial charge in [0.15, 0.2) is 0 Å². The molecule has 0 bridgehead atoms. The number of fused-ring (bicyclic) bond motifs is 1. The van der Waals surface area contributed by atoms with Crippen LogP contribution in [0.1, 0.15) is 33.5 Å². The number of hydrogen-bond acceptors (Lipinski definition) is 6. The van der Waals surface area contributed by atoms with Gasteiger partial charge in [-0.3, -0.25) is 9.48 Å². The Balaban J connectivity index is 1.94. The van der Waals surface area contributed by atoms with Crippen LogP contribution in [-0.4, -0.2) is 41.2 Å². The van der Waals surface area contributed by atoms with E-state index in [2.05, 4.69) is 32.4 Å². The molecule has 3 aromatic rings. The maximum Gasteiger partial charge on any atom is 0.252 e. The normalized spacial score (nSPS) is 16.9. The van der Waals surface area contributed by atoms with Crippen molar-refractivity contribution < 1.29 is 4.79 Å². The number of anilines is 1. The first-order valence-electron chi connectivity index (χ1n) is 8.25. The van der Waals surface area contributed by atoms with Crippen LogP contribution in [0.5, 0.6) is 0 Å². The van der Waals surface area contributed by atoms with E-state index in [1.165, 1.54) is 0 Å². The van der Waals surface area contributed by atoms with Gasteiger partial charge in [0.1, 0.15) is 5.82 Å². The zero-order chi connectivity index (χ0) is 18.4. The highest BCUT2D eigenvalue weighted by molar-refractivity contribution is 8.00. The van der Waals surface area contributed by atoms with Crippen LogP contribution in [0.3, 0.4) is 0 Å². The molecule has 26 heavy (non-hydrogen) atoms. The Bertz CT molecular complexity index is 992. The minimum Gasteiger partial charge on any atom is -0.309 e. The van der Waals surface area contributed by atoms with E-state index in [9.17, 15) is 4.79 Å². The zero-order valence-corrected chi connectivity index (χ0v) is 15.8. The van der Waals surface area contributed by atoms with Gasteiger partial charge >= 0.3 is 0 Å². The Kier molecular flexibility index (Phi) is 4.03. The average Bonchev–Trinajstić information content (AvgIpc) is 2.99. The summed E-state index contributed by atoms with van der Waals surface area (Å²) in [5.74, 6) is 1.37. The number of aryl methyl sites for hydroxylation is 3. The maximum absolute atomic E-state index is 12.4. The Labute approximate surface area is 155 Å². The van der Waals surface area contributed by atoms with Gasteiger partial charge in [0, 0.05) is 36.3 Å². The summed E-state index contributed by atoms with van der Waals surface area (Å²) in [5.41, 5.74) is 5.00. The van der Waals surface area contributed by atoms with Crippen molar-refractivity contribution in [3.8, 4) is 5.95 Å². The van der Waals surface area contributed by atoms with Crippen LogP contribution in [-0.2, 0) is 11.8 Å². The number of carbonyl (C=O) groups is 1. The number of hydrogen-bond donors (Lipinski definition) is 1. The van der Waals surface area contributed by atoms with E-state index in [0.29, 0.717) is 17.5 Å². The lowest BCUT2D eigenvalue weighted by Crippen LogP contribution is -2.16. The van der Waals surface area contributed by atoms with Crippen molar-refractivity contribution in [2.24, 2.45) is 7.05 Å². The van der Waals surface area contributed by atoms with Crippen LogP contribution >= 0.6 is 11.8 Å². The quantitative estimate of drug-likeness (QED) is 0.744. The number of nitrogens with zero attached hydrogens (tertiary/aromatic N) is 6. The highest BCUT2D eigenvalue weighted by Crippen LogP contribution is 2.45. The number of thioether (sulfide) groups is 1. The second-order valence-electron chi connectivity index (χ2n) is 6.26. The van der Waals surface area contributed by atoms with Crippen molar-refractivity contribution in [2.75, 3.05) is 11.1 Å². The molecule has 1 N–H and O–H groups in total. The van der Waals surface area contributed by atoms with E-state index < -0.39 is 0 Å². The van der Waals surface area contributed by atoms with E-state index in [1.807, 2.05) is 25.6 Å². The summed E-state index contributed by atoms with van der Waals surface area (Å²) < 4.78 is 3.49. The predicted molar refractivity (Wildman–Crippen MR) is 99.5 cm³/mol. The fraction of sp³-hybridized carbons (Fsp3) is 0.353. The summed E-state index contributed by atoms with van der Waals surface area (Å²) in [6.45, 7) is 6.00. The number of aromatic nitrogens is 6. The summed E-state index contributed by atoms with van der Waals surface area (Å²) in [6, 6.07) is 1.75. The SMILES string of the molecule is Cc1nn(C)c(C)c1[C@@H]1SCC(=O)Nc2c1c(C)nn2-c1ncccn1. The van der Waals surface area contributed by atoms with Crippen LogP contribution < -0.4 is 5.32 Å². The number of amides is 1. The molecule has 1 amide bonds.